The van der Waals surface area contributed by atoms with E-state index in [1.54, 1.807) is 6.07 Å². The lowest BCUT2D eigenvalue weighted by molar-refractivity contribution is 0.470. The smallest absolute Gasteiger partial charge is 0.119 e. The van der Waals surface area contributed by atoms with Crippen LogP contribution in [0.4, 0.5) is 0 Å². The Kier molecular flexibility index (Phi) is 4.64. The van der Waals surface area contributed by atoms with E-state index in [0.29, 0.717) is 12.2 Å². The molecule has 0 spiro atoms. The number of para-hydroxylation sites is 1. The first-order valence-electron chi connectivity index (χ1n) is 5.07. The summed E-state index contributed by atoms with van der Waals surface area (Å²) >= 11 is 0. The maximum Gasteiger partial charge on any atom is 0.119 e. The minimum atomic E-state index is 0.345. The van der Waals surface area contributed by atoms with E-state index in [1.807, 2.05) is 18.2 Å². The molecule has 1 aromatic rings. The van der Waals surface area contributed by atoms with Crippen LogP contribution in [-0.2, 0) is 6.42 Å². The summed E-state index contributed by atoms with van der Waals surface area (Å²) in [6, 6.07) is 7.35. The number of phenolic OH excluding ortho intramolecular Hbond substituents is 1. The maximum atomic E-state index is 9.45. The number of hydrogen-bond acceptors (Lipinski definition) is 1. The average Bonchev–Trinajstić information content (AvgIpc) is 2.20. The average molecular weight is 188 g/mol. The Morgan fingerprint density at radius 3 is 2.71 bits per heavy atom. The summed E-state index contributed by atoms with van der Waals surface area (Å²) in [5.41, 5.74) is 0.913. The molecule has 0 radical (unpaired) electrons. The van der Waals surface area contributed by atoms with Crippen LogP contribution < -0.4 is 0 Å². The van der Waals surface area contributed by atoms with Gasteiger partial charge < -0.3 is 5.11 Å². The Labute approximate surface area is 85.8 Å². The molecule has 0 aliphatic heterocycles. The second kappa shape index (κ2) is 6.10. The van der Waals surface area contributed by atoms with Crippen LogP contribution in [0.3, 0.4) is 0 Å². The summed E-state index contributed by atoms with van der Waals surface area (Å²) in [5.74, 6) is 6.51. The van der Waals surface area contributed by atoms with E-state index >= 15 is 0 Å². The third kappa shape index (κ3) is 3.53. The molecule has 0 aliphatic carbocycles. The van der Waals surface area contributed by atoms with Gasteiger partial charge in [0.1, 0.15) is 5.75 Å². The first kappa shape index (κ1) is 10.7. The van der Waals surface area contributed by atoms with Gasteiger partial charge in [0.05, 0.1) is 0 Å². The Morgan fingerprint density at radius 1 is 1.21 bits per heavy atom. The topological polar surface area (TPSA) is 20.2 Å². The second-order valence-electron chi connectivity index (χ2n) is 3.26. The molecule has 1 N–H and O–H groups in total. The molecule has 0 amide bonds. The van der Waals surface area contributed by atoms with Gasteiger partial charge in [-0.25, -0.2) is 0 Å². The van der Waals surface area contributed by atoms with E-state index in [1.165, 1.54) is 6.42 Å². The fraction of sp³-hybridized carbons (Fsp3) is 0.385. The van der Waals surface area contributed by atoms with Crippen molar-refractivity contribution in [3.05, 3.63) is 29.8 Å². The summed E-state index contributed by atoms with van der Waals surface area (Å²) in [4.78, 5) is 0. The molecule has 0 heterocycles. The van der Waals surface area contributed by atoms with Gasteiger partial charge in [0, 0.05) is 18.4 Å². The molecule has 0 aromatic heterocycles. The standard InChI is InChI=1S/C13H16O/c1-2-3-4-5-6-9-12-10-7-8-11-13(12)14/h7-8,10-11,14H,2-4,9H2,1H3. The zero-order valence-electron chi connectivity index (χ0n) is 8.59. The van der Waals surface area contributed by atoms with E-state index in [9.17, 15) is 5.11 Å². The molecule has 0 unspecified atom stereocenters. The van der Waals surface area contributed by atoms with Gasteiger partial charge in [0.15, 0.2) is 0 Å². The normalized spacial score (nSPS) is 9.21. The zero-order valence-corrected chi connectivity index (χ0v) is 8.59. The van der Waals surface area contributed by atoms with Crippen molar-refractivity contribution in [2.45, 2.75) is 32.6 Å². The summed E-state index contributed by atoms with van der Waals surface area (Å²) in [6.07, 6.45) is 3.96. The fourth-order valence-electron chi connectivity index (χ4n) is 1.17. The summed E-state index contributed by atoms with van der Waals surface area (Å²) in [6.45, 7) is 2.16. The van der Waals surface area contributed by atoms with Gasteiger partial charge in [-0.1, -0.05) is 37.5 Å². The number of phenols is 1. The summed E-state index contributed by atoms with van der Waals surface area (Å²) < 4.78 is 0. The number of benzene rings is 1. The number of hydrogen-bond donors (Lipinski definition) is 1. The minimum absolute atomic E-state index is 0.345. The Balaban J connectivity index is 2.44. The lowest BCUT2D eigenvalue weighted by atomic mass is 10.1. The molecule has 1 nitrogen and oxygen atoms in total. The van der Waals surface area contributed by atoms with E-state index in [4.69, 9.17) is 0 Å². The Bertz CT molecular complexity index is 331. The van der Waals surface area contributed by atoms with Crippen LogP contribution in [0.2, 0.25) is 0 Å². The van der Waals surface area contributed by atoms with Crippen molar-refractivity contribution >= 4 is 0 Å². The lowest BCUT2D eigenvalue weighted by Gasteiger charge is -1.97. The van der Waals surface area contributed by atoms with Gasteiger partial charge in [0.25, 0.3) is 0 Å². The van der Waals surface area contributed by atoms with Gasteiger partial charge in [-0.05, 0) is 12.5 Å². The van der Waals surface area contributed by atoms with Gasteiger partial charge in [-0.2, -0.15) is 0 Å². The first-order chi connectivity index (χ1) is 6.84. The highest BCUT2D eigenvalue weighted by Crippen LogP contribution is 2.15. The monoisotopic (exact) mass is 188 g/mol. The third-order valence-electron chi connectivity index (χ3n) is 2.05. The lowest BCUT2D eigenvalue weighted by Crippen LogP contribution is -1.81. The highest BCUT2D eigenvalue weighted by Gasteiger charge is 1.94. The van der Waals surface area contributed by atoms with Gasteiger partial charge >= 0.3 is 0 Å². The highest BCUT2D eigenvalue weighted by atomic mass is 16.3. The largest absolute Gasteiger partial charge is 0.508 e. The Morgan fingerprint density at radius 2 is 2.00 bits per heavy atom. The minimum Gasteiger partial charge on any atom is -0.508 e. The van der Waals surface area contributed by atoms with Crippen molar-refractivity contribution in [2.75, 3.05) is 0 Å². The van der Waals surface area contributed by atoms with Crippen LogP contribution in [-0.4, -0.2) is 5.11 Å². The summed E-state index contributed by atoms with van der Waals surface area (Å²) in [5, 5.41) is 9.45. The SMILES string of the molecule is CCCCC#CCc1ccccc1O. The van der Waals surface area contributed by atoms with Crippen molar-refractivity contribution < 1.29 is 5.11 Å². The molecular weight excluding hydrogens is 172 g/mol. The molecule has 0 bridgehead atoms. The van der Waals surface area contributed by atoms with E-state index in [-0.39, 0.29) is 0 Å². The zero-order chi connectivity index (χ0) is 10.2. The molecule has 14 heavy (non-hydrogen) atoms. The van der Waals surface area contributed by atoms with Gasteiger partial charge in [-0.3, -0.25) is 0 Å². The molecule has 0 saturated heterocycles. The van der Waals surface area contributed by atoms with Gasteiger partial charge in [-0.15, -0.1) is 5.92 Å². The van der Waals surface area contributed by atoms with Crippen molar-refractivity contribution in [2.24, 2.45) is 0 Å². The molecule has 0 saturated carbocycles. The van der Waals surface area contributed by atoms with Crippen molar-refractivity contribution in [1.29, 1.82) is 0 Å². The molecule has 0 atom stereocenters. The van der Waals surface area contributed by atoms with Crippen LogP contribution in [0.1, 0.15) is 31.7 Å². The molecule has 0 fully saturated rings. The molecule has 0 aliphatic rings. The van der Waals surface area contributed by atoms with E-state index in [2.05, 4.69) is 18.8 Å². The molecule has 74 valence electrons. The van der Waals surface area contributed by atoms with Crippen LogP contribution >= 0.6 is 0 Å². The molecule has 1 heteroatoms. The second-order valence-corrected chi connectivity index (χ2v) is 3.26. The number of unbranched alkanes of at least 4 members (excludes halogenated alkanes) is 2. The maximum absolute atomic E-state index is 9.45. The van der Waals surface area contributed by atoms with E-state index < -0.39 is 0 Å². The molecule has 1 rings (SSSR count). The van der Waals surface area contributed by atoms with Crippen LogP contribution in [0.15, 0.2) is 24.3 Å². The third-order valence-corrected chi connectivity index (χ3v) is 2.05. The highest BCUT2D eigenvalue weighted by molar-refractivity contribution is 5.34. The van der Waals surface area contributed by atoms with E-state index in [0.717, 1.165) is 18.4 Å². The van der Waals surface area contributed by atoms with Crippen LogP contribution in [0.5, 0.6) is 5.75 Å². The predicted molar refractivity (Wildman–Crippen MR) is 59.1 cm³/mol. The number of rotatable bonds is 3. The predicted octanol–water partition coefficient (Wildman–Crippen LogP) is 3.13. The summed E-state index contributed by atoms with van der Waals surface area (Å²) in [7, 11) is 0. The molecule has 1 aromatic carbocycles. The molecular formula is C13H16O. The quantitative estimate of drug-likeness (QED) is 0.570. The Hall–Kier alpha value is -1.42. The van der Waals surface area contributed by atoms with Crippen molar-refractivity contribution in [1.82, 2.24) is 0 Å². The first-order valence-corrected chi connectivity index (χ1v) is 5.07. The van der Waals surface area contributed by atoms with Crippen molar-refractivity contribution in [3.8, 4) is 17.6 Å². The van der Waals surface area contributed by atoms with Crippen molar-refractivity contribution in [3.63, 3.8) is 0 Å². The number of aromatic hydroxyl groups is 1. The van der Waals surface area contributed by atoms with Crippen LogP contribution in [0, 0.1) is 11.8 Å². The van der Waals surface area contributed by atoms with Gasteiger partial charge in [0.2, 0.25) is 0 Å². The van der Waals surface area contributed by atoms with Crippen LogP contribution in [0.25, 0.3) is 0 Å². The fourth-order valence-corrected chi connectivity index (χ4v) is 1.17.